The molecule has 1 aliphatic carbocycles. The van der Waals surface area contributed by atoms with E-state index in [1.54, 1.807) is 14.2 Å². The van der Waals surface area contributed by atoms with Crippen molar-refractivity contribution in [2.24, 2.45) is 5.92 Å². The van der Waals surface area contributed by atoms with Crippen LogP contribution in [0.2, 0.25) is 0 Å². The van der Waals surface area contributed by atoms with Crippen LogP contribution in [0.5, 0.6) is 11.5 Å². The van der Waals surface area contributed by atoms with Crippen molar-refractivity contribution in [3.05, 3.63) is 21.3 Å². The second-order valence-electron chi connectivity index (χ2n) is 4.70. The molecule has 0 bridgehead atoms. The van der Waals surface area contributed by atoms with Crippen LogP contribution in [0.4, 0.5) is 0 Å². The molecule has 0 unspecified atom stereocenters. The molecule has 0 atom stereocenters. The van der Waals surface area contributed by atoms with Gasteiger partial charge in [0.25, 0.3) is 0 Å². The zero-order valence-electron chi connectivity index (χ0n) is 11.0. The third-order valence-electron chi connectivity index (χ3n) is 3.26. The van der Waals surface area contributed by atoms with Crippen LogP contribution in [-0.2, 0) is 6.42 Å². The van der Waals surface area contributed by atoms with Crippen LogP contribution < -0.4 is 14.8 Å². The Balaban J connectivity index is 1.95. The Morgan fingerprint density at radius 1 is 1.22 bits per heavy atom. The molecule has 100 valence electrons. The molecule has 4 heteroatoms. The highest BCUT2D eigenvalue weighted by Gasteiger charge is 2.20. The first-order valence-electron chi connectivity index (χ1n) is 6.35. The maximum absolute atomic E-state index is 5.43. The Bertz CT molecular complexity index is 405. The van der Waals surface area contributed by atoms with Crippen LogP contribution in [0.3, 0.4) is 0 Å². The first-order valence-corrected chi connectivity index (χ1v) is 7.43. The Hall–Kier alpha value is -0.490. The summed E-state index contributed by atoms with van der Waals surface area (Å²) in [5, 5.41) is 3.50. The van der Waals surface area contributed by atoms with E-state index in [4.69, 9.17) is 9.47 Å². The number of rotatable bonds is 7. The first kappa shape index (κ1) is 13.9. The van der Waals surface area contributed by atoms with E-state index in [9.17, 15) is 0 Å². The van der Waals surface area contributed by atoms with Crippen molar-refractivity contribution in [1.82, 2.24) is 5.32 Å². The van der Waals surface area contributed by atoms with Crippen LogP contribution in [0, 0.1) is 9.49 Å². The van der Waals surface area contributed by atoms with Crippen molar-refractivity contribution in [3.8, 4) is 11.5 Å². The second-order valence-corrected chi connectivity index (χ2v) is 5.86. The topological polar surface area (TPSA) is 30.5 Å². The van der Waals surface area contributed by atoms with Gasteiger partial charge in [-0.25, -0.2) is 0 Å². The predicted molar refractivity (Wildman–Crippen MR) is 81.6 cm³/mol. The van der Waals surface area contributed by atoms with E-state index in [0.29, 0.717) is 0 Å². The fourth-order valence-corrected chi connectivity index (χ4v) is 2.63. The van der Waals surface area contributed by atoms with E-state index < -0.39 is 0 Å². The minimum Gasteiger partial charge on any atom is -0.496 e. The molecule has 0 heterocycles. The summed E-state index contributed by atoms with van der Waals surface area (Å²) in [6.45, 7) is 2.15. The molecule has 0 amide bonds. The summed E-state index contributed by atoms with van der Waals surface area (Å²) >= 11 is 2.27. The van der Waals surface area contributed by atoms with Crippen molar-refractivity contribution in [2.45, 2.75) is 19.3 Å². The highest BCUT2D eigenvalue weighted by Crippen LogP contribution is 2.30. The standard InChI is InChI=1S/C14H20INO2/c1-17-13-8-12(15)14(18-2)7-11(13)5-6-16-9-10-3-4-10/h7-8,10,16H,3-6,9H2,1-2H3. The van der Waals surface area contributed by atoms with Crippen molar-refractivity contribution >= 4 is 22.6 Å². The van der Waals surface area contributed by atoms with Crippen molar-refractivity contribution < 1.29 is 9.47 Å². The average molecular weight is 361 g/mol. The second kappa shape index (κ2) is 6.61. The summed E-state index contributed by atoms with van der Waals surface area (Å²) in [6, 6.07) is 4.12. The molecule has 2 rings (SSSR count). The number of benzene rings is 1. The number of hydrogen-bond donors (Lipinski definition) is 1. The van der Waals surface area contributed by atoms with E-state index in [1.165, 1.54) is 18.4 Å². The molecule has 0 spiro atoms. The van der Waals surface area contributed by atoms with E-state index in [0.717, 1.165) is 40.5 Å². The Morgan fingerprint density at radius 3 is 2.56 bits per heavy atom. The van der Waals surface area contributed by atoms with Gasteiger partial charge in [-0.2, -0.15) is 0 Å². The van der Waals surface area contributed by atoms with Gasteiger partial charge in [-0.15, -0.1) is 0 Å². The largest absolute Gasteiger partial charge is 0.496 e. The third kappa shape index (κ3) is 3.75. The smallest absolute Gasteiger partial charge is 0.132 e. The first-order chi connectivity index (χ1) is 8.74. The highest BCUT2D eigenvalue weighted by atomic mass is 127. The molecule has 0 saturated heterocycles. The van der Waals surface area contributed by atoms with Gasteiger partial charge >= 0.3 is 0 Å². The number of hydrogen-bond acceptors (Lipinski definition) is 3. The minimum absolute atomic E-state index is 0.925. The molecule has 1 aromatic carbocycles. The highest BCUT2D eigenvalue weighted by molar-refractivity contribution is 14.1. The molecular weight excluding hydrogens is 341 g/mol. The van der Waals surface area contributed by atoms with E-state index >= 15 is 0 Å². The Morgan fingerprint density at radius 2 is 1.94 bits per heavy atom. The lowest BCUT2D eigenvalue weighted by molar-refractivity contribution is 0.396. The van der Waals surface area contributed by atoms with Crippen LogP contribution >= 0.6 is 22.6 Å². The van der Waals surface area contributed by atoms with Crippen molar-refractivity contribution in [2.75, 3.05) is 27.3 Å². The summed E-state index contributed by atoms with van der Waals surface area (Å²) < 4.78 is 11.9. The lowest BCUT2D eigenvalue weighted by Gasteiger charge is -2.12. The molecule has 1 aromatic rings. The molecule has 0 aromatic heterocycles. The summed E-state index contributed by atoms with van der Waals surface area (Å²) in [5.41, 5.74) is 1.21. The summed E-state index contributed by atoms with van der Waals surface area (Å²) in [4.78, 5) is 0. The van der Waals surface area contributed by atoms with Gasteiger partial charge in [0, 0.05) is 0 Å². The lowest BCUT2D eigenvalue weighted by Crippen LogP contribution is -2.20. The molecule has 1 aliphatic rings. The van der Waals surface area contributed by atoms with Gasteiger partial charge in [-0.05, 0) is 78.6 Å². The van der Waals surface area contributed by atoms with Gasteiger partial charge in [0.2, 0.25) is 0 Å². The Labute approximate surface area is 122 Å². The zero-order chi connectivity index (χ0) is 13.0. The van der Waals surface area contributed by atoms with Crippen molar-refractivity contribution in [3.63, 3.8) is 0 Å². The number of nitrogens with one attached hydrogen (secondary N) is 1. The maximum Gasteiger partial charge on any atom is 0.132 e. The number of ether oxygens (including phenoxy) is 2. The third-order valence-corrected chi connectivity index (χ3v) is 4.10. The van der Waals surface area contributed by atoms with Gasteiger partial charge < -0.3 is 14.8 Å². The fourth-order valence-electron chi connectivity index (χ4n) is 1.97. The van der Waals surface area contributed by atoms with Crippen LogP contribution in [-0.4, -0.2) is 27.3 Å². The number of methoxy groups -OCH3 is 2. The van der Waals surface area contributed by atoms with Crippen molar-refractivity contribution in [1.29, 1.82) is 0 Å². The maximum atomic E-state index is 5.43. The summed E-state index contributed by atoms with van der Waals surface area (Å²) in [6.07, 6.45) is 3.77. The SMILES string of the molecule is COc1cc(CCNCC2CC2)c(OC)cc1I. The fraction of sp³-hybridized carbons (Fsp3) is 0.571. The molecule has 1 fully saturated rings. The van der Waals surface area contributed by atoms with E-state index in [-0.39, 0.29) is 0 Å². The van der Waals surface area contributed by atoms with Gasteiger partial charge in [-0.3, -0.25) is 0 Å². The van der Waals surface area contributed by atoms with Crippen LogP contribution in [0.25, 0.3) is 0 Å². The van der Waals surface area contributed by atoms with E-state index in [1.807, 2.05) is 6.07 Å². The van der Waals surface area contributed by atoms with Gasteiger partial charge in [0.15, 0.2) is 0 Å². The normalized spacial score (nSPS) is 14.6. The molecule has 18 heavy (non-hydrogen) atoms. The predicted octanol–water partition coefficient (Wildman–Crippen LogP) is 2.85. The lowest BCUT2D eigenvalue weighted by atomic mass is 10.1. The zero-order valence-corrected chi connectivity index (χ0v) is 13.1. The minimum atomic E-state index is 0.925. The number of halogens is 1. The van der Waals surface area contributed by atoms with Crippen LogP contribution in [0.15, 0.2) is 12.1 Å². The summed E-state index contributed by atoms with van der Waals surface area (Å²) in [5.74, 6) is 2.81. The monoisotopic (exact) mass is 361 g/mol. The van der Waals surface area contributed by atoms with E-state index in [2.05, 4.69) is 34.0 Å². The molecular formula is C14H20INO2. The summed E-state index contributed by atoms with van der Waals surface area (Å²) in [7, 11) is 3.43. The quantitative estimate of drug-likeness (QED) is 0.599. The average Bonchev–Trinajstić information content (AvgIpc) is 3.19. The molecule has 3 nitrogen and oxygen atoms in total. The van der Waals surface area contributed by atoms with Gasteiger partial charge in [-0.1, -0.05) is 0 Å². The molecule has 0 radical (unpaired) electrons. The Kier molecular flexibility index (Phi) is 5.12. The molecule has 1 saturated carbocycles. The molecule has 0 aliphatic heterocycles. The van der Waals surface area contributed by atoms with Gasteiger partial charge in [0.1, 0.15) is 11.5 Å². The molecule has 1 N–H and O–H groups in total. The van der Waals surface area contributed by atoms with Crippen LogP contribution in [0.1, 0.15) is 18.4 Å². The van der Waals surface area contributed by atoms with Gasteiger partial charge in [0.05, 0.1) is 17.8 Å².